The van der Waals surface area contributed by atoms with Crippen LogP contribution in [0.15, 0.2) is 12.3 Å². The fourth-order valence-corrected chi connectivity index (χ4v) is 1.80. The van der Waals surface area contributed by atoms with Crippen molar-refractivity contribution in [1.29, 1.82) is 5.26 Å². The summed E-state index contributed by atoms with van der Waals surface area (Å²) in [5.74, 6) is 0.528. The lowest BCUT2D eigenvalue weighted by atomic mass is 10.1. The van der Waals surface area contributed by atoms with Crippen molar-refractivity contribution in [2.75, 3.05) is 0 Å². The highest BCUT2D eigenvalue weighted by molar-refractivity contribution is 6.31. The summed E-state index contributed by atoms with van der Waals surface area (Å²) in [5, 5.41) is 14.0. The van der Waals surface area contributed by atoms with Crippen molar-refractivity contribution in [3.8, 4) is 11.9 Å². The van der Waals surface area contributed by atoms with Crippen LogP contribution in [0, 0.1) is 32.1 Å². The second kappa shape index (κ2) is 4.19. The lowest BCUT2D eigenvalue weighted by molar-refractivity contribution is 0.821. The van der Waals surface area contributed by atoms with Gasteiger partial charge in [-0.15, -0.1) is 0 Å². The Morgan fingerprint density at radius 3 is 2.59 bits per heavy atom. The molecule has 0 aliphatic heterocycles. The van der Waals surface area contributed by atoms with Crippen LogP contribution in [0.4, 0.5) is 0 Å². The molecule has 0 spiro atoms. The highest BCUT2D eigenvalue weighted by Gasteiger charge is 2.12. The van der Waals surface area contributed by atoms with Crippen molar-refractivity contribution in [3.05, 3.63) is 39.8 Å². The molecule has 0 aliphatic carbocycles. The zero-order valence-electron chi connectivity index (χ0n) is 9.82. The first-order valence-corrected chi connectivity index (χ1v) is 5.51. The number of hydrogen-bond acceptors (Lipinski definition) is 3. The van der Waals surface area contributed by atoms with Gasteiger partial charge in [-0.3, -0.25) is 0 Å². The van der Waals surface area contributed by atoms with Crippen LogP contribution in [-0.4, -0.2) is 14.8 Å². The number of aryl methyl sites for hydroxylation is 3. The van der Waals surface area contributed by atoms with E-state index in [-0.39, 0.29) is 0 Å². The summed E-state index contributed by atoms with van der Waals surface area (Å²) in [6.45, 7) is 5.58. The Morgan fingerprint density at radius 2 is 2.06 bits per heavy atom. The first kappa shape index (κ1) is 11.6. The Balaban J connectivity index is 2.70. The van der Waals surface area contributed by atoms with E-state index in [0.29, 0.717) is 16.4 Å². The molecule has 0 aliphatic rings. The minimum Gasteiger partial charge on any atom is -0.233 e. The van der Waals surface area contributed by atoms with E-state index in [1.54, 1.807) is 10.9 Å². The molecule has 0 amide bonds. The van der Waals surface area contributed by atoms with Gasteiger partial charge in [0.15, 0.2) is 5.82 Å². The zero-order valence-corrected chi connectivity index (χ0v) is 10.6. The van der Waals surface area contributed by atoms with Crippen molar-refractivity contribution in [2.45, 2.75) is 20.8 Å². The largest absolute Gasteiger partial charge is 0.233 e. The summed E-state index contributed by atoms with van der Waals surface area (Å²) >= 11 is 5.96. The minimum absolute atomic E-state index is 0.523. The minimum atomic E-state index is 0.523. The Kier molecular flexibility index (Phi) is 2.86. The summed E-state index contributed by atoms with van der Waals surface area (Å²) < 4.78 is 1.55. The number of nitrogens with zero attached hydrogens (tertiary/aromatic N) is 4. The second-order valence-corrected chi connectivity index (χ2v) is 4.31. The van der Waals surface area contributed by atoms with Crippen LogP contribution in [-0.2, 0) is 0 Å². The monoisotopic (exact) mass is 246 g/mol. The van der Waals surface area contributed by atoms with Gasteiger partial charge in [-0.2, -0.15) is 10.4 Å². The molecule has 2 aromatic heterocycles. The molecule has 0 saturated heterocycles. The van der Waals surface area contributed by atoms with Crippen molar-refractivity contribution in [2.24, 2.45) is 0 Å². The van der Waals surface area contributed by atoms with Gasteiger partial charge in [0.25, 0.3) is 0 Å². The van der Waals surface area contributed by atoms with E-state index in [1.165, 1.54) is 0 Å². The quantitative estimate of drug-likeness (QED) is 0.777. The molecule has 5 heteroatoms. The third-order valence-corrected chi connectivity index (χ3v) is 2.86. The van der Waals surface area contributed by atoms with E-state index < -0.39 is 0 Å². The van der Waals surface area contributed by atoms with Gasteiger partial charge in [-0.25, -0.2) is 9.67 Å². The molecular weight excluding hydrogens is 236 g/mol. The zero-order chi connectivity index (χ0) is 12.6. The molecule has 0 atom stereocenters. The fourth-order valence-electron chi connectivity index (χ4n) is 1.67. The van der Waals surface area contributed by atoms with Crippen LogP contribution in [0.1, 0.15) is 22.5 Å². The van der Waals surface area contributed by atoms with Gasteiger partial charge in [0.05, 0.1) is 22.5 Å². The molecular formula is C12H11ClN4. The van der Waals surface area contributed by atoms with Gasteiger partial charge in [0.2, 0.25) is 0 Å². The van der Waals surface area contributed by atoms with Crippen molar-refractivity contribution in [1.82, 2.24) is 14.8 Å². The van der Waals surface area contributed by atoms with Gasteiger partial charge in [0, 0.05) is 5.69 Å². The van der Waals surface area contributed by atoms with Crippen molar-refractivity contribution >= 4 is 11.6 Å². The molecule has 86 valence electrons. The summed E-state index contributed by atoms with van der Waals surface area (Å²) in [6, 6.07) is 4.03. The third kappa shape index (κ3) is 2.02. The maximum Gasteiger partial charge on any atom is 0.171 e. The average Bonchev–Trinajstić information content (AvgIpc) is 2.58. The molecule has 0 N–H and O–H groups in total. The molecule has 0 radical (unpaired) electrons. The molecule has 0 bridgehead atoms. The van der Waals surface area contributed by atoms with Gasteiger partial charge in [-0.1, -0.05) is 11.6 Å². The Labute approximate surface area is 104 Å². The highest BCUT2D eigenvalue weighted by Crippen LogP contribution is 2.20. The first-order chi connectivity index (χ1) is 8.02. The average molecular weight is 247 g/mol. The molecule has 0 fully saturated rings. The van der Waals surface area contributed by atoms with Crippen LogP contribution in [0.5, 0.6) is 0 Å². The van der Waals surface area contributed by atoms with E-state index in [9.17, 15) is 0 Å². The van der Waals surface area contributed by atoms with Gasteiger partial charge in [-0.05, 0) is 32.4 Å². The smallest absolute Gasteiger partial charge is 0.171 e. The summed E-state index contributed by atoms with van der Waals surface area (Å²) in [7, 11) is 0. The van der Waals surface area contributed by atoms with E-state index in [4.69, 9.17) is 16.9 Å². The maximum atomic E-state index is 9.16. The lowest BCUT2D eigenvalue weighted by Crippen LogP contribution is -2.05. The number of halogens is 1. The van der Waals surface area contributed by atoms with Gasteiger partial charge in [0.1, 0.15) is 6.07 Å². The van der Waals surface area contributed by atoms with Crippen molar-refractivity contribution < 1.29 is 0 Å². The predicted molar refractivity (Wildman–Crippen MR) is 65.3 cm³/mol. The van der Waals surface area contributed by atoms with Crippen LogP contribution >= 0.6 is 11.6 Å². The second-order valence-electron chi connectivity index (χ2n) is 3.90. The summed E-state index contributed by atoms with van der Waals surface area (Å²) in [4.78, 5) is 4.35. The van der Waals surface area contributed by atoms with E-state index in [1.807, 2.05) is 26.8 Å². The highest BCUT2D eigenvalue weighted by atomic mass is 35.5. The topological polar surface area (TPSA) is 54.5 Å². The molecule has 2 rings (SSSR count). The standard InChI is InChI=1S/C12H11ClN4/c1-7-4-8(2)15-12(10(7)5-14)17-6-11(13)9(3)16-17/h4,6H,1-3H3. The molecule has 17 heavy (non-hydrogen) atoms. The fraction of sp³-hybridized carbons (Fsp3) is 0.250. The van der Waals surface area contributed by atoms with E-state index in [2.05, 4.69) is 16.2 Å². The SMILES string of the molecule is Cc1cc(C)c(C#N)c(-n2cc(Cl)c(C)n2)n1. The number of aromatic nitrogens is 3. The molecule has 0 aromatic carbocycles. The van der Waals surface area contributed by atoms with E-state index >= 15 is 0 Å². The first-order valence-electron chi connectivity index (χ1n) is 5.13. The predicted octanol–water partition coefficient (Wildman–Crippen LogP) is 2.72. The summed E-state index contributed by atoms with van der Waals surface area (Å²) in [6.07, 6.45) is 1.67. The van der Waals surface area contributed by atoms with E-state index in [0.717, 1.165) is 17.0 Å². The normalized spacial score (nSPS) is 10.3. The van der Waals surface area contributed by atoms with Gasteiger partial charge >= 0.3 is 0 Å². The Bertz CT molecular complexity index is 603. The van der Waals surface area contributed by atoms with Gasteiger partial charge < -0.3 is 0 Å². The number of nitriles is 1. The molecule has 0 saturated carbocycles. The molecule has 2 aromatic rings. The molecule has 2 heterocycles. The van der Waals surface area contributed by atoms with Crippen LogP contribution in [0.25, 0.3) is 5.82 Å². The number of hydrogen-bond donors (Lipinski definition) is 0. The van der Waals surface area contributed by atoms with Crippen molar-refractivity contribution in [3.63, 3.8) is 0 Å². The van der Waals surface area contributed by atoms with Crippen LogP contribution < -0.4 is 0 Å². The molecule has 4 nitrogen and oxygen atoms in total. The number of pyridine rings is 1. The Hall–Kier alpha value is -1.86. The molecule has 0 unspecified atom stereocenters. The lowest BCUT2D eigenvalue weighted by Gasteiger charge is -2.07. The summed E-state index contributed by atoms with van der Waals surface area (Å²) in [5.41, 5.74) is 2.98. The third-order valence-electron chi connectivity index (χ3n) is 2.49. The van der Waals surface area contributed by atoms with Crippen LogP contribution in [0.3, 0.4) is 0 Å². The number of rotatable bonds is 1. The van der Waals surface area contributed by atoms with Crippen LogP contribution in [0.2, 0.25) is 5.02 Å². The maximum absolute atomic E-state index is 9.16. The Morgan fingerprint density at radius 1 is 1.35 bits per heavy atom.